The molecule has 0 aliphatic carbocycles. The topological polar surface area (TPSA) is 91.4 Å². The van der Waals surface area contributed by atoms with E-state index in [2.05, 4.69) is 15.5 Å². The number of amides is 1. The van der Waals surface area contributed by atoms with Crippen molar-refractivity contribution in [2.75, 3.05) is 20.0 Å². The summed E-state index contributed by atoms with van der Waals surface area (Å²) in [6, 6.07) is 17.1. The molecule has 33 heavy (non-hydrogen) atoms. The molecule has 0 radical (unpaired) electrons. The highest BCUT2D eigenvalue weighted by atomic mass is 32.2. The van der Waals surface area contributed by atoms with E-state index in [1.165, 1.54) is 17.3 Å². The molecule has 0 aliphatic rings. The molecule has 9 heteroatoms. The van der Waals surface area contributed by atoms with E-state index in [9.17, 15) is 4.79 Å². The van der Waals surface area contributed by atoms with Gasteiger partial charge in [-0.15, -0.1) is 10.2 Å². The number of rotatable bonds is 9. The van der Waals surface area contributed by atoms with Crippen LogP contribution in [0, 0.1) is 6.92 Å². The minimum absolute atomic E-state index is 0.104. The summed E-state index contributed by atoms with van der Waals surface area (Å²) in [5, 5.41) is 12.1. The van der Waals surface area contributed by atoms with Gasteiger partial charge in [0.25, 0.3) is 0 Å². The van der Waals surface area contributed by atoms with Gasteiger partial charge in [0.2, 0.25) is 11.7 Å². The lowest BCUT2D eigenvalue weighted by atomic mass is 10.1. The van der Waals surface area contributed by atoms with E-state index in [1.807, 2.05) is 49.4 Å². The first kappa shape index (κ1) is 22.5. The lowest BCUT2D eigenvalue weighted by molar-refractivity contribution is -0.118. The molecule has 2 aromatic carbocycles. The lowest BCUT2D eigenvalue weighted by Crippen LogP contribution is -2.24. The number of benzene rings is 2. The number of furan rings is 1. The Labute approximate surface area is 195 Å². The van der Waals surface area contributed by atoms with Crippen LogP contribution in [0.5, 0.6) is 11.5 Å². The third kappa shape index (κ3) is 5.20. The number of methoxy groups -OCH3 is 2. The molecule has 0 aliphatic heterocycles. The second-order valence-electron chi connectivity index (χ2n) is 7.21. The zero-order valence-electron chi connectivity index (χ0n) is 18.6. The van der Waals surface area contributed by atoms with Crippen LogP contribution in [0.15, 0.2) is 70.4 Å². The highest BCUT2D eigenvalue weighted by Crippen LogP contribution is 2.34. The number of aromatic nitrogens is 3. The van der Waals surface area contributed by atoms with Gasteiger partial charge in [0.1, 0.15) is 11.5 Å². The second-order valence-corrected chi connectivity index (χ2v) is 8.15. The maximum Gasteiger partial charge on any atom is 0.230 e. The van der Waals surface area contributed by atoms with Crippen LogP contribution in [0.1, 0.15) is 11.1 Å². The zero-order valence-corrected chi connectivity index (χ0v) is 19.4. The van der Waals surface area contributed by atoms with Crippen molar-refractivity contribution in [3.63, 3.8) is 0 Å². The second kappa shape index (κ2) is 10.3. The van der Waals surface area contributed by atoms with Gasteiger partial charge in [0, 0.05) is 12.6 Å². The highest BCUT2D eigenvalue weighted by Gasteiger charge is 2.22. The third-order valence-corrected chi connectivity index (χ3v) is 5.87. The van der Waals surface area contributed by atoms with Crippen molar-refractivity contribution in [3.05, 3.63) is 72.0 Å². The average molecular weight is 465 g/mol. The maximum atomic E-state index is 12.5. The van der Waals surface area contributed by atoms with Gasteiger partial charge in [-0.1, -0.05) is 41.6 Å². The predicted molar refractivity (Wildman–Crippen MR) is 126 cm³/mol. The monoisotopic (exact) mass is 464 g/mol. The Morgan fingerprint density at radius 2 is 1.91 bits per heavy atom. The smallest absolute Gasteiger partial charge is 0.230 e. The number of hydrogen-bond acceptors (Lipinski definition) is 7. The molecule has 0 spiro atoms. The SMILES string of the molecule is COc1ccc(OC)c(-n2c(SCC(=O)NCc3ccc(C)cc3)nnc2-c2ccco2)c1. The fraction of sp³-hybridized carbons (Fsp3) is 0.208. The lowest BCUT2D eigenvalue weighted by Gasteiger charge is -2.14. The summed E-state index contributed by atoms with van der Waals surface area (Å²) in [7, 11) is 3.19. The summed E-state index contributed by atoms with van der Waals surface area (Å²) in [5.41, 5.74) is 2.90. The number of carbonyl (C=O) groups is 1. The van der Waals surface area contributed by atoms with Crippen molar-refractivity contribution in [3.8, 4) is 28.8 Å². The first-order valence-corrected chi connectivity index (χ1v) is 11.2. The largest absolute Gasteiger partial charge is 0.497 e. The summed E-state index contributed by atoms with van der Waals surface area (Å²) >= 11 is 1.28. The Morgan fingerprint density at radius 3 is 2.61 bits per heavy atom. The average Bonchev–Trinajstić information content (AvgIpc) is 3.51. The van der Waals surface area contributed by atoms with Gasteiger partial charge >= 0.3 is 0 Å². The van der Waals surface area contributed by atoms with Gasteiger partial charge in [-0.3, -0.25) is 9.36 Å². The molecule has 4 rings (SSSR count). The number of thioether (sulfide) groups is 1. The Morgan fingerprint density at radius 1 is 1.09 bits per heavy atom. The molecular formula is C24H24N4O4S. The number of aryl methyl sites for hydroxylation is 1. The van der Waals surface area contributed by atoms with Crippen molar-refractivity contribution >= 4 is 17.7 Å². The molecule has 0 saturated carbocycles. The Hall–Kier alpha value is -3.72. The van der Waals surface area contributed by atoms with Crippen LogP contribution in [-0.2, 0) is 11.3 Å². The van der Waals surface area contributed by atoms with Crippen molar-refractivity contribution in [2.24, 2.45) is 0 Å². The van der Waals surface area contributed by atoms with E-state index >= 15 is 0 Å². The minimum atomic E-state index is -0.104. The van der Waals surface area contributed by atoms with Crippen LogP contribution in [0.2, 0.25) is 0 Å². The number of ether oxygens (including phenoxy) is 2. The van der Waals surface area contributed by atoms with Gasteiger partial charge < -0.3 is 19.2 Å². The third-order valence-electron chi connectivity index (χ3n) is 4.94. The van der Waals surface area contributed by atoms with Gasteiger partial charge in [-0.25, -0.2) is 0 Å². The van der Waals surface area contributed by atoms with Crippen molar-refractivity contribution < 1.29 is 18.7 Å². The molecule has 0 atom stereocenters. The summed E-state index contributed by atoms with van der Waals surface area (Å²) in [6.45, 7) is 2.50. The van der Waals surface area contributed by atoms with Gasteiger partial charge in [0.05, 0.1) is 31.9 Å². The van der Waals surface area contributed by atoms with Crippen molar-refractivity contribution in [2.45, 2.75) is 18.6 Å². The van der Waals surface area contributed by atoms with Gasteiger partial charge in [0.15, 0.2) is 10.9 Å². The molecule has 8 nitrogen and oxygen atoms in total. The first-order chi connectivity index (χ1) is 16.1. The highest BCUT2D eigenvalue weighted by molar-refractivity contribution is 7.99. The van der Waals surface area contributed by atoms with Crippen LogP contribution in [0.25, 0.3) is 17.3 Å². The quantitative estimate of drug-likeness (QED) is 0.370. The molecule has 4 aromatic rings. The summed E-state index contributed by atoms with van der Waals surface area (Å²) < 4.78 is 18.3. The molecule has 170 valence electrons. The minimum Gasteiger partial charge on any atom is -0.497 e. The van der Waals surface area contributed by atoms with Crippen LogP contribution in [-0.4, -0.2) is 40.6 Å². The van der Waals surface area contributed by atoms with E-state index < -0.39 is 0 Å². The first-order valence-electron chi connectivity index (χ1n) is 10.3. The van der Waals surface area contributed by atoms with E-state index in [0.29, 0.717) is 40.5 Å². The fourth-order valence-electron chi connectivity index (χ4n) is 3.21. The van der Waals surface area contributed by atoms with Crippen LogP contribution < -0.4 is 14.8 Å². The summed E-state index contributed by atoms with van der Waals surface area (Å²) in [6.07, 6.45) is 1.57. The molecule has 0 bridgehead atoms. The number of hydrogen-bond donors (Lipinski definition) is 1. The molecule has 2 heterocycles. The molecule has 0 unspecified atom stereocenters. The van der Waals surface area contributed by atoms with Crippen molar-refractivity contribution in [1.82, 2.24) is 20.1 Å². The number of nitrogens with zero attached hydrogens (tertiary/aromatic N) is 3. The van der Waals surface area contributed by atoms with Crippen LogP contribution in [0.3, 0.4) is 0 Å². The standard InChI is InChI=1S/C24H24N4O4S/c1-16-6-8-17(9-7-16)14-25-22(29)15-33-24-27-26-23(21-5-4-12-32-21)28(24)19-13-18(30-2)10-11-20(19)31-3/h4-13H,14-15H2,1-3H3,(H,25,29). The zero-order chi connectivity index (χ0) is 23.2. The fourth-order valence-corrected chi connectivity index (χ4v) is 3.98. The molecule has 0 fully saturated rings. The predicted octanol–water partition coefficient (Wildman–Crippen LogP) is 4.26. The molecule has 2 aromatic heterocycles. The van der Waals surface area contributed by atoms with E-state index in [0.717, 1.165) is 5.56 Å². The van der Waals surface area contributed by atoms with E-state index in [-0.39, 0.29) is 11.7 Å². The Bertz CT molecular complexity index is 1220. The van der Waals surface area contributed by atoms with Crippen molar-refractivity contribution in [1.29, 1.82) is 0 Å². The van der Waals surface area contributed by atoms with Gasteiger partial charge in [-0.2, -0.15) is 0 Å². The Kier molecular flexibility index (Phi) is 6.99. The normalized spacial score (nSPS) is 10.8. The Balaban J connectivity index is 1.57. The number of carbonyl (C=O) groups excluding carboxylic acids is 1. The van der Waals surface area contributed by atoms with Gasteiger partial charge in [-0.05, 0) is 36.8 Å². The van der Waals surface area contributed by atoms with E-state index in [4.69, 9.17) is 13.9 Å². The summed E-state index contributed by atoms with van der Waals surface area (Å²) in [4.78, 5) is 12.5. The van der Waals surface area contributed by atoms with Crippen LogP contribution in [0.4, 0.5) is 0 Å². The van der Waals surface area contributed by atoms with E-state index in [1.54, 1.807) is 37.2 Å². The molecule has 0 saturated heterocycles. The molecular weight excluding hydrogens is 440 g/mol. The van der Waals surface area contributed by atoms with Crippen LogP contribution >= 0.6 is 11.8 Å². The maximum absolute atomic E-state index is 12.5. The molecule has 1 amide bonds. The summed E-state index contributed by atoms with van der Waals surface area (Å²) in [5.74, 6) is 2.37. The number of nitrogens with one attached hydrogen (secondary N) is 1. The molecule has 1 N–H and O–H groups in total.